The number of benzene rings is 1. The Morgan fingerprint density at radius 3 is 3.05 bits per heavy atom. The minimum absolute atomic E-state index is 0.336. The highest BCUT2D eigenvalue weighted by molar-refractivity contribution is 5.85. The first-order valence-electron chi connectivity index (χ1n) is 8.31. The maximum atomic E-state index is 9.07. The monoisotopic (exact) mass is 284 g/mol. The third-order valence-electron chi connectivity index (χ3n) is 5.42. The number of fused-ring (bicyclic) bond motifs is 5. The molecular weight excluding hydrogens is 260 g/mol. The summed E-state index contributed by atoms with van der Waals surface area (Å²) in [5.74, 6) is 0.774. The first-order valence-corrected chi connectivity index (χ1v) is 8.31. The molecule has 0 saturated carbocycles. The average Bonchev–Trinajstić information content (AvgIpc) is 2.92. The largest absolute Gasteiger partial charge is 0.396 e. The zero-order valence-electron chi connectivity index (χ0n) is 12.5. The normalized spacial score (nSPS) is 25.8. The molecule has 1 aromatic carbocycles. The lowest BCUT2D eigenvalue weighted by molar-refractivity contribution is 0.0941. The van der Waals surface area contributed by atoms with Gasteiger partial charge in [0.1, 0.15) is 0 Å². The van der Waals surface area contributed by atoms with Gasteiger partial charge in [-0.15, -0.1) is 0 Å². The lowest BCUT2D eigenvalue weighted by atomic mass is 9.83. The Bertz CT molecular complexity index is 633. The fourth-order valence-corrected chi connectivity index (χ4v) is 4.33. The number of para-hydroxylation sites is 1. The highest BCUT2D eigenvalue weighted by Gasteiger charge is 2.35. The van der Waals surface area contributed by atoms with Crippen molar-refractivity contribution in [1.82, 2.24) is 9.88 Å². The summed E-state index contributed by atoms with van der Waals surface area (Å²) in [5.41, 5.74) is 4.31. The molecule has 0 aliphatic carbocycles. The van der Waals surface area contributed by atoms with Crippen molar-refractivity contribution < 1.29 is 5.11 Å². The van der Waals surface area contributed by atoms with Crippen molar-refractivity contribution in [2.24, 2.45) is 5.92 Å². The molecule has 1 aromatic heterocycles. The van der Waals surface area contributed by atoms with E-state index in [2.05, 4.69) is 34.1 Å². The van der Waals surface area contributed by atoms with Gasteiger partial charge in [0.2, 0.25) is 0 Å². The Hall–Kier alpha value is -1.32. The van der Waals surface area contributed by atoms with Crippen LogP contribution < -0.4 is 0 Å². The number of hydrogen-bond donors (Lipinski definition) is 2. The molecule has 0 spiro atoms. The molecule has 2 aliphatic rings. The lowest BCUT2D eigenvalue weighted by Crippen LogP contribution is -2.41. The maximum Gasteiger partial charge on any atom is 0.0504 e. The Kier molecular flexibility index (Phi) is 3.48. The number of hydrogen-bond acceptors (Lipinski definition) is 2. The molecule has 4 rings (SSSR count). The van der Waals surface area contributed by atoms with Crippen LogP contribution in [0.3, 0.4) is 0 Å². The zero-order valence-corrected chi connectivity index (χ0v) is 12.5. The number of nitrogens with zero attached hydrogens (tertiary/aromatic N) is 1. The first-order chi connectivity index (χ1) is 10.4. The minimum atomic E-state index is 0.336. The van der Waals surface area contributed by atoms with E-state index in [1.165, 1.54) is 55.4 Å². The molecule has 21 heavy (non-hydrogen) atoms. The summed E-state index contributed by atoms with van der Waals surface area (Å²) in [5, 5.41) is 10.5. The first kappa shape index (κ1) is 13.4. The van der Waals surface area contributed by atoms with Crippen molar-refractivity contribution in [2.45, 2.75) is 38.1 Å². The molecule has 3 heterocycles. The highest BCUT2D eigenvalue weighted by Crippen LogP contribution is 2.41. The molecule has 2 aromatic rings. The van der Waals surface area contributed by atoms with E-state index < -0.39 is 0 Å². The fourth-order valence-electron chi connectivity index (χ4n) is 4.33. The number of aromatic nitrogens is 1. The number of rotatable bonds is 3. The van der Waals surface area contributed by atoms with Crippen molar-refractivity contribution in [1.29, 1.82) is 0 Å². The highest BCUT2D eigenvalue weighted by atomic mass is 16.2. The second-order valence-corrected chi connectivity index (χ2v) is 6.62. The number of H-pyrrole nitrogens is 1. The second kappa shape index (κ2) is 5.47. The van der Waals surface area contributed by atoms with Crippen LogP contribution in [-0.4, -0.2) is 34.7 Å². The van der Waals surface area contributed by atoms with Gasteiger partial charge in [0.05, 0.1) is 6.04 Å². The van der Waals surface area contributed by atoms with Gasteiger partial charge in [-0.25, -0.2) is 0 Å². The van der Waals surface area contributed by atoms with Gasteiger partial charge in [0.15, 0.2) is 0 Å². The van der Waals surface area contributed by atoms with Crippen LogP contribution in [0.1, 0.15) is 43.0 Å². The second-order valence-electron chi connectivity index (χ2n) is 6.62. The van der Waals surface area contributed by atoms with Gasteiger partial charge in [-0.2, -0.15) is 0 Å². The smallest absolute Gasteiger partial charge is 0.0504 e. The standard InChI is InChI=1S/C18H24N2O/c21-11-3-4-13-7-9-20-10-8-15-14-5-1-2-6-16(14)19-18(15)17(20)12-13/h1-2,5-6,13,17,19,21H,3-4,7-12H2. The molecule has 1 saturated heterocycles. The molecule has 0 amide bonds. The van der Waals surface area contributed by atoms with E-state index in [0.717, 1.165) is 12.3 Å². The lowest BCUT2D eigenvalue weighted by Gasteiger charge is -2.42. The van der Waals surface area contributed by atoms with E-state index in [-0.39, 0.29) is 0 Å². The summed E-state index contributed by atoms with van der Waals surface area (Å²) < 4.78 is 0. The molecule has 2 atom stereocenters. The SMILES string of the molecule is OCCCC1CCN2CCc3c([nH]c4ccccc34)C2C1. The topological polar surface area (TPSA) is 39.3 Å². The number of aromatic amines is 1. The molecule has 2 unspecified atom stereocenters. The Labute approximate surface area is 126 Å². The minimum Gasteiger partial charge on any atom is -0.396 e. The molecule has 2 aliphatic heterocycles. The fraction of sp³-hybridized carbons (Fsp3) is 0.556. The van der Waals surface area contributed by atoms with Gasteiger partial charge in [-0.3, -0.25) is 4.90 Å². The van der Waals surface area contributed by atoms with E-state index in [4.69, 9.17) is 5.11 Å². The van der Waals surface area contributed by atoms with Crippen molar-refractivity contribution in [3.05, 3.63) is 35.5 Å². The van der Waals surface area contributed by atoms with Crippen LogP contribution in [0.4, 0.5) is 0 Å². The van der Waals surface area contributed by atoms with Crippen LogP contribution in [0.5, 0.6) is 0 Å². The number of nitrogens with one attached hydrogen (secondary N) is 1. The van der Waals surface area contributed by atoms with Crippen LogP contribution in [-0.2, 0) is 6.42 Å². The molecule has 112 valence electrons. The van der Waals surface area contributed by atoms with Gasteiger partial charge in [-0.05, 0) is 56.2 Å². The maximum absolute atomic E-state index is 9.07. The van der Waals surface area contributed by atoms with Gasteiger partial charge in [-0.1, -0.05) is 18.2 Å². The van der Waals surface area contributed by atoms with Crippen molar-refractivity contribution in [2.75, 3.05) is 19.7 Å². The van der Waals surface area contributed by atoms with Crippen LogP contribution in [0.25, 0.3) is 10.9 Å². The zero-order chi connectivity index (χ0) is 14.2. The van der Waals surface area contributed by atoms with Crippen molar-refractivity contribution in [3.63, 3.8) is 0 Å². The van der Waals surface area contributed by atoms with Gasteiger partial charge in [0.25, 0.3) is 0 Å². The number of aliphatic hydroxyl groups excluding tert-OH is 1. The predicted octanol–water partition coefficient (Wildman–Crippen LogP) is 3.25. The Morgan fingerprint density at radius 1 is 1.24 bits per heavy atom. The third-order valence-corrected chi connectivity index (χ3v) is 5.42. The van der Waals surface area contributed by atoms with Crippen molar-refractivity contribution >= 4 is 10.9 Å². The average molecular weight is 284 g/mol. The van der Waals surface area contributed by atoms with Crippen molar-refractivity contribution in [3.8, 4) is 0 Å². The van der Waals surface area contributed by atoms with Crippen LogP contribution in [0, 0.1) is 5.92 Å². The molecule has 1 fully saturated rings. The van der Waals surface area contributed by atoms with Crippen LogP contribution >= 0.6 is 0 Å². The summed E-state index contributed by atoms with van der Waals surface area (Å²) in [6.07, 6.45) is 5.86. The summed E-state index contributed by atoms with van der Waals surface area (Å²) in [6.45, 7) is 2.75. The molecule has 3 heteroatoms. The summed E-state index contributed by atoms with van der Waals surface area (Å²) in [7, 11) is 0. The number of aliphatic hydroxyl groups is 1. The molecule has 0 bridgehead atoms. The van der Waals surface area contributed by atoms with Gasteiger partial charge >= 0.3 is 0 Å². The molecule has 2 N–H and O–H groups in total. The van der Waals surface area contributed by atoms with E-state index in [1.807, 2.05) is 0 Å². The summed E-state index contributed by atoms with van der Waals surface area (Å²) >= 11 is 0. The predicted molar refractivity (Wildman–Crippen MR) is 85.4 cm³/mol. The Balaban J connectivity index is 1.65. The number of piperidine rings is 1. The third kappa shape index (κ3) is 2.29. The molecule has 0 radical (unpaired) electrons. The summed E-state index contributed by atoms with van der Waals surface area (Å²) in [6, 6.07) is 9.29. The van der Waals surface area contributed by atoms with E-state index in [0.29, 0.717) is 12.6 Å². The molecule has 3 nitrogen and oxygen atoms in total. The Morgan fingerprint density at radius 2 is 2.14 bits per heavy atom. The van der Waals surface area contributed by atoms with Gasteiger partial charge in [0, 0.05) is 29.7 Å². The van der Waals surface area contributed by atoms with E-state index in [9.17, 15) is 0 Å². The van der Waals surface area contributed by atoms with Gasteiger partial charge < -0.3 is 10.1 Å². The van der Waals surface area contributed by atoms with Crippen LogP contribution in [0.15, 0.2) is 24.3 Å². The van der Waals surface area contributed by atoms with Crippen LogP contribution in [0.2, 0.25) is 0 Å². The van der Waals surface area contributed by atoms with E-state index in [1.54, 1.807) is 5.56 Å². The van der Waals surface area contributed by atoms with E-state index >= 15 is 0 Å². The molecular formula is C18H24N2O. The summed E-state index contributed by atoms with van der Waals surface area (Å²) in [4.78, 5) is 6.36. The quantitative estimate of drug-likeness (QED) is 0.908.